The lowest BCUT2D eigenvalue weighted by Gasteiger charge is -2.26. The highest BCUT2D eigenvalue weighted by molar-refractivity contribution is 6.37. The zero-order valence-electron chi connectivity index (χ0n) is 9.49. The largest absolute Gasteiger partial charge is 0.490 e. The number of nitro benzene ring substituents is 1. The van der Waals surface area contributed by atoms with E-state index < -0.39 is 4.92 Å². The Labute approximate surface area is 114 Å². The number of ether oxygens (including phenoxy) is 1. The Kier molecular flexibility index (Phi) is 4.27. The van der Waals surface area contributed by atoms with Crippen molar-refractivity contribution in [2.45, 2.75) is 6.42 Å². The molecule has 5 nitrogen and oxygen atoms in total. The molecule has 0 radical (unpaired) electrons. The molecule has 98 valence electrons. The van der Waals surface area contributed by atoms with Crippen LogP contribution in [0.1, 0.15) is 6.42 Å². The molecule has 1 heterocycles. The molecule has 18 heavy (non-hydrogen) atoms. The molecule has 0 aromatic heterocycles. The molecule has 0 unspecified atom stereocenters. The second kappa shape index (κ2) is 5.73. The molecule has 0 saturated carbocycles. The lowest BCUT2D eigenvalue weighted by atomic mass is 10.0. The van der Waals surface area contributed by atoms with Crippen LogP contribution in [0.3, 0.4) is 0 Å². The maximum atomic E-state index is 10.6. The number of hydrogen-bond donors (Lipinski definition) is 1. The van der Waals surface area contributed by atoms with E-state index in [0.29, 0.717) is 18.3 Å². The van der Waals surface area contributed by atoms with E-state index in [1.165, 1.54) is 12.1 Å². The summed E-state index contributed by atoms with van der Waals surface area (Å²) in [4.78, 5) is 10.1. The van der Waals surface area contributed by atoms with Crippen molar-refractivity contribution in [3.63, 3.8) is 0 Å². The Balaban J connectivity index is 2.00. The van der Waals surface area contributed by atoms with Crippen LogP contribution >= 0.6 is 23.2 Å². The van der Waals surface area contributed by atoms with E-state index in [-0.39, 0.29) is 15.7 Å². The minimum absolute atomic E-state index is 0.138. The van der Waals surface area contributed by atoms with Gasteiger partial charge in [-0.25, -0.2) is 0 Å². The van der Waals surface area contributed by atoms with Gasteiger partial charge in [0.05, 0.1) is 21.6 Å². The van der Waals surface area contributed by atoms with Crippen molar-refractivity contribution in [1.29, 1.82) is 0 Å². The lowest BCUT2D eigenvalue weighted by molar-refractivity contribution is -0.384. The fraction of sp³-hybridized carbons (Fsp3) is 0.455. The fourth-order valence-electron chi connectivity index (χ4n) is 1.67. The van der Waals surface area contributed by atoms with Crippen LogP contribution in [-0.2, 0) is 0 Å². The number of hydrogen-bond acceptors (Lipinski definition) is 4. The van der Waals surface area contributed by atoms with Crippen LogP contribution in [0.25, 0.3) is 0 Å². The molecule has 1 aliphatic rings. The highest BCUT2D eigenvalue weighted by Gasteiger charge is 2.18. The molecule has 1 aromatic rings. The van der Waals surface area contributed by atoms with Crippen molar-refractivity contribution in [2.24, 2.45) is 5.92 Å². The van der Waals surface area contributed by atoms with Crippen molar-refractivity contribution in [3.8, 4) is 5.75 Å². The van der Waals surface area contributed by atoms with Gasteiger partial charge in [0.2, 0.25) is 0 Å². The molecule has 1 N–H and O–H groups in total. The normalized spacial score (nSPS) is 15.2. The van der Waals surface area contributed by atoms with Crippen LogP contribution in [0.2, 0.25) is 10.0 Å². The maximum Gasteiger partial charge on any atom is 0.272 e. The molecule has 0 bridgehead atoms. The summed E-state index contributed by atoms with van der Waals surface area (Å²) >= 11 is 11.8. The van der Waals surface area contributed by atoms with Crippen molar-refractivity contribution in [3.05, 3.63) is 32.3 Å². The smallest absolute Gasteiger partial charge is 0.272 e. The predicted molar refractivity (Wildman–Crippen MR) is 69.6 cm³/mol. The molecular formula is C11H12Cl2N2O3. The topological polar surface area (TPSA) is 64.4 Å². The summed E-state index contributed by atoms with van der Waals surface area (Å²) in [6.07, 6.45) is 0.913. The van der Waals surface area contributed by atoms with E-state index in [2.05, 4.69) is 5.32 Å². The second-order valence-electron chi connectivity index (χ2n) is 4.16. The molecule has 0 atom stereocenters. The van der Waals surface area contributed by atoms with Crippen LogP contribution < -0.4 is 10.1 Å². The Morgan fingerprint density at radius 1 is 1.39 bits per heavy atom. The van der Waals surface area contributed by atoms with Crippen molar-refractivity contribution in [2.75, 3.05) is 19.7 Å². The van der Waals surface area contributed by atoms with Gasteiger partial charge in [-0.15, -0.1) is 0 Å². The number of rotatable bonds is 5. The van der Waals surface area contributed by atoms with E-state index in [0.717, 1.165) is 19.5 Å². The third-order valence-electron chi connectivity index (χ3n) is 2.83. The summed E-state index contributed by atoms with van der Waals surface area (Å²) in [5, 5.41) is 14.1. The molecule has 0 spiro atoms. The maximum absolute atomic E-state index is 10.6. The average Bonchev–Trinajstić information content (AvgIpc) is 2.24. The van der Waals surface area contributed by atoms with E-state index in [9.17, 15) is 10.1 Å². The third kappa shape index (κ3) is 3.04. The first-order valence-electron chi connectivity index (χ1n) is 5.55. The van der Waals surface area contributed by atoms with Crippen LogP contribution in [0.15, 0.2) is 12.1 Å². The molecule has 1 saturated heterocycles. The van der Waals surface area contributed by atoms with Crippen LogP contribution in [0.4, 0.5) is 5.69 Å². The lowest BCUT2D eigenvalue weighted by Crippen LogP contribution is -2.42. The molecule has 2 rings (SSSR count). The number of halogens is 2. The summed E-state index contributed by atoms with van der Waals surface area (Å²) < 4.78 is 5.49. The second-order valence-corrected chi connectivity index (χ2v) is 4.97. The minimum Gasteiger partial charge on any atom is -0.490 e. The predicted octanol–water partition coefficient (Wildman–Crippen LogP) is 2.89. The Morgan fingerprint density at radius 3 is 2.44 bits per heavy atom. The molecule has 7 heteroatoms. The third-order valence-corrected chi connectivity index (χ3v) is 3.39. The van der Waals surface area contributed by atoms with Crippen molar-refractivity contribution in [1.82, 2.24) is 5.32 Å². The van der Waals surface area contributed by atoms with E-state index in [1.54, 1.807) is 0 Å². The summed E-state index contributed by atoms with van der Waals surface area (Å²) in [5.74, 6) is 0.941. The Bertz CT molecular complexity index is 441. The first-order chi connectivity index (χ1) is 8.58. The van der Waals surface area contributed by atoms with E-state index in [1.807, 2.05) is 0 Å². The first kappa shape index (κ1) is 13.4. The first-order valence-corrected chi connectivity index (χ1v) is 6.30. The Morgan fingerprint density at radius 2 is 2.00 bits per heavy atom. The molecule has 1 aromatic carbocycles. The van der Waals surface area contributed by atoms with E-state index >= 15 is 0 Å². The monoisotopic (exact) mass is 290 g/mol. The van der Waals surface area contributed by atoms with Crippen molar-refractivity contribution >= 4 is 28.9 Å². The zero-order chi connectivity index (χ0) is 13.1. The van der Waals surface area contributed by atoms with Gasteiger partial charge < -0.3 is 10.1 Å². The van der Waals surface area contributed by atoms with Gasteiger partial charge in [0.25, 0.3) is 5.69 Å². The van der Waals surface area contributed by atoms with E-state index in [4.69, 9.17) is 27.9 Å². The quantitative estimate of drug-likeness (QED) is 0.669. The molecule has 1 fully saturated rings. The number of non-ortho nitro benzene ring substituents is 1. The average molecular weight is 291 g/mol. The highest BCUT2D eigenvalue weighted by atomic mass is 35.5. The number of nitrogens with one attached hydrogen (secondary N) is 1. The minimum atomic E-state index is -0.540. The van der Waals surface area contributed by atoms with Gasteiger partial charge in [-0.1, -0.05) is 23.2 Å². The number of nitrogens with zero attached hydrogens (tertiary/aromatic N) is 1. The van der Waals surface area contributed by atoms with Gasteiger partial charge in [-0.3, -0.25) is 10.1 Å². The fourth-order valence-corrected chi connectivity index (χ4v) is 2.25. The Hall–Kier alpha value is -1.04. The summed E-state index contributed by atoms with van der Waals surface area (Å²) in [6.45, 7) is 2.51. The van der Waals surface area contributed by atoms with Gasteiger partial charge in [-0.05, 0) is 25.4 Å². The van der Waals surface area contributed by atoms with Crippen LogP contribution in [-0.4, -0.2) is 24.6 Å². The van der Waals surface area contributed by atoms with Crippen LogP contribution in [0, 0.1) is 16.0 Å². The van der Waals surface area contributed by atoms with Gasteiger partial charge in [0, 0.05) is 12.1 Å². The molecule has 0 aliphatic carbocycles. The standard InChI is InChI=1S/C11H12Cl2N2O3/c12-9-3-8(15(16)17)4-10(13)11(9)18-2-1-7-5-14-6-7/h3-4,7,14H,1-2,5-6H2. The van der Waals surface area contributed by atoms with Crippen LogP contribution in [0.5, 0.6) is 5.75 Å². The van der Waals surface area contributed by atoms with Gasteiger partial charge in [0.1, 0.15) is 0 Å². The highest BCUT2D eigenvalue weighted by Crippen LogP contribution is 2.36. The van der Waals surface area contributed by atoms with Gasteiger partial charge >= 0.3 is 0 Å². The zero-order valence-corrected chi connectivity index (χ0v) is 11.0. The summed E-state index contributed by atoms with van der Waals surface area (Å²) in [5.41, 5.74) is -0.138. The number of benzene rings is 1. The number of nitro groups is 1. The van der Waals surface area contributed by atoms with Gasteiger partial charge in [0.15, 0.2) is 5.75 Å². The molecular weight excluding hydrogens is 279 g/mol. The van der Waals surface area contributed by atoms with Crippen molar-refractivity contribution < 1.29 is 9.66 Å². The summed E-state index contributed by atoms with van der Waals surface area (Å²) in [7, 11) is 0. The SMILES string of the molecule is O=[N+]([O-])c1cc(Cl)c(OCCC2CNC2)c(Cl)c1. The summed E-state index contributed by atoms with van der Waals surface area (Å²) in [6, 6.07) is 2.49. The molecule has 1 aliphatic heterocycles. The van der Waals surface area contributed by atoms with Gasteiger partial charge in [-0.2, -0.15) is 0 Å². The molecule has 0 amide bonds.